The van der Waals surface area contributed by atoms with Crippen LogP contribution in [-0.4, -0.2) is 30.9 Å². The van der Waals surface area contributed by atoms with Gasteiger partial charge in [0.25, 0.3) is 5.91 Å². The zero-order chi connectivity index (χ0) is 21.1. The lowest BCUT2D eigenvalue weighted by Crippen LogP contribution is -2.14. The first-order chi connectivity index (χ1) is 14.6. The molecule has 0 fully saturated rings. The summed E-state index contributed by atoms with van der Waals surface area (Å²) >= 11 is 1.38. The van der Waals surface area contributed by atoms with Crippen molar-refractivity contribution in [2.24, 2.45) is 0 Å². The van der Waals surface area contributed by atoms with E-state index in [1.807, 2.05) is 30.3 Å². The highest BCUT2D eigenvalue weighted by atomic mass is 32.1. The second-order valence-electron chi connectivity index (χ2n) is 6.39. The Labute approximate surface area is 177 Å². The quantitative estimate of drug-likeness (QED) is 0.455. The average Bonchev–Trinajstić information content (AvgIpc) is 3.20. The molecule has 0 aliphatic heterocycles. The third kappa shape index (κ3) is 3.75. The SMILES string of the molecule is COc1cc(C(=O)c2ccccc2)c(OC)cc1C(=O)Nc1nc2ccccc2s1. The largest absolute Gasteiger partial charge is 0.496 e. The molecule has 0 saturated heterocycles. The molecule has 0 saturated carbocycles. The molecule has 7 heteroatoms. The Balaban J connectivity index is 1.69. The van der Waals surface area contributed by atoms with E-state index in [0.29, 0.717) is 22.0 Å². The molecule has 4 rings (SSSR count). The summed E-state index contributed by atoms with van der Waals surface area (Å²) in [7, 11) is 2.91. The van der Waals surface area contributed by atoms with Crippen molar-refractivity contribution in [2.45, 2.75) is 0 Å². The number of rotatable bonds is 6. The Hall–Kier alpha value is -3.71. The number of nitrogens with one attached hydrogen (secondary N) is 1. The van der Waals surface area contributed by atoms with Crippen molar-refractivity contribution in [1.29, 1.82) is 0 Å². The Bertz CT molecular complexity index is 1200. The molecular weight excluding hydrogens is 400 g/mol. The second kappa shape index (κ2) is 8.34. The highest BCUT2D eigenvalue weighted by Crippen LogP contribution is 2.32. The molecule has 3 aromatic carbocycles. The molecule has 1 amide bonds. The predicted molar refractivity (Wildman–Crippen MR) is 117 cm³/mol. The van der Waals surface area contributed by atoms with E-state index in [9.17, 15) is 9.59 Å². The molecule has 0 radical (unpaired) electrons. The van der Waals surface area contributed by atoms with E-state index in [1.165, 1.54) is 37.7 Å². The fourth-order valence-corrected chi connectivity index (χ4v) is 3.95. The molecule has 30 heavy (non-hydrogen) atoms. The van der Waals surface area contributed by atoms with Gasteiger partial charge in [-0.25, -0.2) is 4.98 Å². The van der Waals surface area contributed by atoms with Crippen LogP contribution >= 0.6 is 11.3 Å². The lowest BCUT2D eigenvalue weighted by atomic mass is 9.99. The van der Waals surface area contributed by atoms with Crippen LogP contribution in [0.1, 0.15) is 26.3 Å². The lowest BCUT2D eigenvalue weighted by molar-refractivity contribution is 0.101. The van der Waals surface area contributed by atoms with Crippen molar-refractivity contribution in [3.63, 3.8) is 0 Å². The van der Waals surface area contributed by atoms with E-state index in [4.69, 9.17) is 9.47 Å². The number of anilines is 1. The number of carbonyl (C=O) groups excluding carboxylic acids is 2. The minimum Gasteiger partial charge on any atom is -0.496 e. The standard InChI is InChI=1S/C23H18N2O4S/c1-28-18-13-16(22(27)25-23-24-17-10-6-7-11-20(17)30-23)19(29-2)12-15(18)21(26)14-8-4-3-5-9-14/h3-13H,1-2H3,(H,24,25,27). The van der Waals surface area contributed by atoms with E-state index in [1.54, 1.807) is 24.3 Å². The smallest absolute Gasteiger partial charge is 0.261 e. The molecule has 0 bridgehead atoms. The number of ketones is 1. The lowest BCUT2D eigenvalue weighted by Gasteiger charge is -2.14. The first-order valence-electron chi connectivity index (χ1n) is 9.13. The molecule has 150 valence electrons. The van der Waals surface area contributed by atoms with E-state index in [2.05, 4.69) is 10.3 Å². The number of hydrogen-bond donors (Lipinski definition) is 1. The van der Waals surface area contributed by atoms with Crippen LogP contribution < -0.4 is 14.8 Å². The van der Waals surface area contributed by atoms with Crippen LogP contribution in [0.3, 0.4) is 0 Å². The van der Waals surface area contributed by atoms with Crippen LogP contribution in [-0.2, 0) is 0 Å². The minimum atomic E-state index is -0.400. The Morgan fingerprint density at radius 1 is 0.867 bits per heavy atom. The highest BCUT2D eigenvalue weighted by molar-refractivity contribution is 7.22. The Morgan fingerprint density at radius 3 is 2.20 bits per heavy atom. The fraction of sp³-hybridized carbons (Fsp3) is 0.0870. The summed E-state index contributed by atoms with van der Waals surface area (Å²) in [5.74, 6) is -0.0559. The molecule has 1 heterocycles. The van der Waals surface area contributed by atoms with Crippen molar-refractivity contribution in [3.05, 3.63) is 83.4 Å². The molecule has 0 atom stereocenters. The van der Waals surface area contributed by atoms with E-state index in [0.717, 1.165) is 10.2 Å². The van der Waals surface area contributed by atoms with Gasteiger partial charge in [-0.15, -0.1) is 0 Å². The maximum Gasteiger partial charge on any atom is 0.261 e. The van der Waals surface area contributed by atoms with Gasteiger partial charge in [-0.05, 0) is 24.3 Å². The van der Waals surface area contributed by atoms with Crippen LogP contribution in [0, 0.1) is 0 Å². The van der Waals surface area contributed by atoms with Gasteiger partial charge < -0.3 is 9.47 Å². The number of nitrogens with zero attached hydrogens (tertiary/aromatic N) is 1. The minimum absolute atomic E-state index is 0.219. The van der Waals surface area contributed by atoms with Crippen molar-refractivity contribution in [1.82, 2.24) is 4.98 Å². The normalized spacial score (nSPS) is 10.6. The second-order valence-corrected chi connectivity index (χ2v) is 7.42. The van der Waals surface area contributed by atoms with Crippen molar-refractivity contribution in [2.75, 3.05) is 19.5 Å². The number of thiazole rings is 1. The molecule has 4 aromatic rings. The van der Waals surface area contributed by atoms with Crippen LogP contribution in [0.2, 0.25) is 0 Å². The van der Waals surface area contributed by atoms with Gasteiger partial charge in [0.05, 0.1) is 35.6 Å². The summed E-state index contributed by atoms with van der Waals surface area (Å²) in [6, 6.07) is 19.5. The van der Waals surface area contributed by atoms with Gasteiger partial charge in [0, 0.05) is 5.56 Å². The number of aromatic nitrogens is 1. The number of amides is 1. The summed E-state index contributed by atoms with van der Waals surface area (Å²) in [6.07, 6.45) is 0. The number of hydrogen-bond acceptors (Lipinski definition) is 6. The topological polar surface area (TPSA) is 77.5 Å². The molecule has 1 N–H and O–H groups in total. The molecule has 1 aromatic heterocycles. The zero-order valence-corrected chi connectivity index (χ0v) is 17.2. The van der Waals surface area contributed by atoms with Crippen LogP contribution in [0.25, 0.3) is 10.2 Å². The summed E-state index contributed by atoms with van der Waals surface area (Å²) in [5, 5.41) is 3.28. The molecular formula is C23H18N2O4S. The monoisotopic (exact) mass is 418 g/mol. The van der Waals surface area contributed by atoms with Crippen molar-refractivity contribution in [3.8, 4) is 11.5 Å². The maximum atomic E-state index is 12.9. The summed E-state index contributed by atoms with van der Waals surface area (Å²) in [6.45, 7) is 0. The van der Waals surface area contributed by atoms with Crippen molar-refractivity contribution < 1.29 is 19.1 Å². The molecule has 0 spiro atoms. The Kier molecular flexibility index (Phi) is 5.45. The van der Waals surface area contributed by atoms with Gasteiger partial charge in [-0.1, -0.05) is 53.8 Å². The number of fused-ring (bicyclic) bond motifs is 1. The number of ether oxygens (including phenoxy) is 2. The van der Waals surface area contributed by atoms with E-state index >= 15 is 0 Å². The summed E-state index contributed by atoms with van der Waals surface area (Å²) in [5.41, 5.74) is 1.89. The number of carbonyl (C=O) groups is 2. The third-order valence-electron chi connectivity index (χ3n) is 4.56. The van der Waals surface area contributed by atoms with Gasteiger partial charge in [0.15, 0.2) is 10.9 Å². The van der Waals surface area contributed by atoms with Crippen LogP contribution in [0.4, 0.5) is 5.13 Å². The maximum absolute atomic E-state index is 12.9. The zero-order valence-electron chi connectivity index (χ0n) is 16.3. The fourth-order valence-electron chi connectivity index (χ4n) is 3.09. The molecule has 6 nitrogen and oxygen atoms in total. The van der Waals surface area contributed by atoms with Crippen LogP contribution in [0.5, 0.6) is 11.5 Å². The van der Waals surface area contributed by atoms with Gasteiger partial charge in [0.1, 0.15) is 11.5 Å². The predicted octanol–water partition coefficient (Wildman–Crippen LogP) is 4.80. The van der Waals surface area contributed by atoms with Crippen LogP contribution in [0.15, 0.2) is 66.7 Å². The molecule has 0 aliphatic carbocycles. The van der Waals surface area contributed by atoms with E-state index < -0.39 is 5.91 Å². The highest BCUT2D eigenvalue weighted by Gasteiger charge is 2.22. The first-order valence-corrected chi connectivity index (χ1v) is 9.95. The van der Waals surface area contributed by atoms with Gasteiger partial charge in [-0.3, -0.25) is 14.9 Å². The van der Waals surface area contributed by atoms with Gasteiger partial charge in [-0.2, -0.15) is 0 Å². The third-order valence-corrected chi connectivity index (χ3v) is 5.51. The number of para-hydroxylation sites is 1. The van der Waals surface area contributed by atoms with Gasteiger partial charge >= 0.3 is 0 Å². The first kappa shape index (κ1) is 19.6. The average molecular weight is 418 g/mol. The number of benzene rings is 3. The summed E-state index contributed by atoms with van der Waals surface area (Å²) < 4.78 is 11.8. The number of methoxy groups -OCH3 is 2. The van der Waals surface area contributed by atoms with E-state index in [-0.39, 0.29) is 17.1 Å². The Morgan fingerprint density at radius 2 is 1.50 bits per heavy atom. The molecule has 0 unspecified atom stereocenters. The molecule has 0 aliphatic rings. The van der Waals surface area contributed by atoms with Crippen molar-refractivity contribution >= 4 is 38.4 Å². The van der Waals surface area contributed by atoms with Gasteiger partial charge in [0.2, 0.25) is 0 Å². The summed E-state index contributed by atoms with van der Waals surface area (Å²) in [4.78, 5) is 30.3.